The van der Waals surface area contributed by atoms with Crippen LogP contribution in [0.3, 0.4) is 0 Å². The molecule has 1 N–H and O–H groups in total. The average Bonchev–Trinajstić information content (AvgIpc) is 2.84. The van der Waals surface area contributed by atoms with E-state index in [9.17, 15) is 8.42 Å². The van der Waals surface area contributed by atoms with E-state index in [4.69, 9.17) is 5.73 Å². The number of benzene rings is 3. The van der Waals surface area contributed by atoms with Crippen LogP contribution in [0.1, 0.15) is 61.5 Å². The molecular formula is C27H33ClN2O2RuS. The third-order valence-corrected chi connectivity index (χ3v) is 7.10. The van der Waals surface area contributed by atoms with Gasteiger partial charge in [-0.05, 0) is 23.0 Å². The van der Waals surface area contributed by atoms with Crippen molar-refractivity contribution in [2.45, 2.75) is 50.4 Å². The Labute approximate surface area is 220 Å². The number of nitrogens with zero attached hydrogens (tertiary/aromatic N) is 1. The molecule has 0 bridgehead atoms. The molecule has 0 saturated heterocycles. The zero-order chi connectivity index (χ0) is 24.5. The average molecular weight is 586 g/mol. The molecule has 7 heteroatoms. The van der Waals surface area contributed by atoms with Gasteiger partial charge in [0.25, 0.3) is 0 Å². The summed E-state index contributed by atoms with van der Waals surface area (Å²) in [5.41, 5.74) is 12.1. The molecule has 2 unspecified atom stereocenters. The molecule has 0 amide bonds. The van der Waals surface area contributed by atoms with Gasteiger partial charge >= 0.3 is 27.0 Å². The second kappa shape index (κ2) is 14.1. The van der Waals surface area contributed by atoms with Crippen LogP contribution in [-0.2, 0) is 38.5 Å². The summed E-state index contributed by atoms with van der Waals surface area (Å²) in [4.78, 5) is 0. The van der Waals surface area contributed by atoms with Gasteiger partial charge in [0, 0.05) is 0 Å². The van der Waals surface area contributed by atoms with Crippen LogP contribution in [0.15, 0.2) is 84.9 Å². The molecule has 184 valence electrons. The maximum atomic E-state index is 13.0. The van der Waals surface area contributed by atoms with E-state index in [0.717, 1.165) is 17.5 Å². The zero-order valence-electron chi connectivity index (χ0n) is 20.1. The van der Waals surface area contributed by atoms with Crippen molar-refractivity contribution in [2.24, 2.45) is 0 Å². The first-order valence-corrected chi connectivity index (χ1v) is 14.5. The van der Waals surface area contributed by atoms with E-state index in [2.05, 4.69) is 35.2 Å². The van der Waals surface area contributed by atoms with Gasteiger partial charge in [-0.2, -0.15) is 0 Å². The Morgan fingerprint density at radius 2 is 1.35 bits per heavy atom. The number of hydrogen-bond donors (Lipinski definition) is 0. The Bertz CT molecular complexity index is 1080. The second-order valence-electron chi connectivity index (χ2n) is 8.51. The van der Waals surface area contributed by atoms with Crippen LogP contribution in [0.5, 0.6) is 0 Å². The molecule has 0 saturated carbocycles. The predicted octanol–water partition coefficient (Wildman–Crippen LogP) is 8.25. The van der Waals surface area contributed by atoms with Crippen LogP contribution in [-0.4, -0.2) is 8.42 Å². The Kier molecular flexibility index (Phi) is 12.6. The monoisotopic (exact) mass is 586 g/mol. The third-order valence-electron chi connectivity index (χ3n) is 5.86. The summed E-state index contributed by atoms with van der Waals surface area (Å²) in [6, 6.07) is 24.6. The van der Waals surface area contributed by atoms with Gasteiger partial charge in [0.2, 0.25) is 0 Å². The molecule has 3 aromatic carbocycles. The molecule has 0 aliphatic carbocycles. The molecule has 3 rings (SSSR count). The molecule has 0 aliphatic heterocycles. The summed E-state index contributed by atoms with van der Waals surface area (Å²) < 4.78 is 30.2. The minimum absolute atomic E-state index is 0. The summed E-state index contributed by atoms with van der Waals surface area (Å²) in [7, 11) is 0.785. The Hall–Kier alpha value is -1.56. The van der Waals surface area contributed by atoms with Gasteiger partial charge in [-0.15, -0.1) is 12.1 Å². The van der Waals surface area contributed by atoms with Crippen LogP contribution < -0.4 is 0 Å². The van der Waals surface area contributed by atoms with E-state index in [1.54, 1.807) is 0 Å². The second-order valence-corrected chi connectivity index (χ2v) is 10.2. The van der Waals surface area contributed by atoms with E-state index < -0.39 is 22.1 Å². The quantitative estimate of drug-likeness (QED) is 0.187. The summed E-state index contributed by atoms with van der Waals surface area (Å²) in [6.45, 7) is 6.50. The standard InChI is InChI=1S/C26H30N2O2S.CH3.ClH.Ru/c1-4-26(2,3)23-17-15-20(16-18-23)19-31(29,30)28-25(22-13-9-6-10-14-22)24(27)21-11-7-5-8-12-21;;;/h5-18,24-25,27H,4,19H2,1-3H3;1H3;1H;/q-2;-1;;+4/p-1. The first-order valence-electron chi connectivity index (χ1n) is 10.7. The minimum atomic E-state index is -3.78. The van der Waals surface area contributed by atoms with Gasteiger partial charge in [-0.3, -0.25) is 0 Å². The molecule has 0 aromatic heterocycles. The summed E-state index contributed by atoms with van der Waals surface area (Å²) >= 11 is 1.82. The van der Waals surface area contributed by atoms with Gasteiger partial charge in [-0.1, -0.05) is 117 Å². The van der Waals surface area contributed by atoms with E-state index >= 15 is 0 Å². The normalized spacial score (nSPS) is 13.1. The predicted molar refractivity (Wildman–Crippen MR) is 141 cm³/mol. The number of hydrogen-bond acceptors (Lipinski definition) is 2. The Morgan fingerprint density at radius 3 is 1.82 bits per heavy atom. The van der Waals surface area contributed by atoms with Gasteiger partial charge in [0.15, 0.2) is 0 Å². The van der Waals surface area contributed by atoms with Gasteiger partial charge < -0.3 is 17.9 Å². The van der Waals surface area contributed by atoms with E-state index in [-0.39, 0.29) is 18.6 Å². The van der Waals surface area contributed by atoms with Crippen LogP contribution in [0.4, 0.5) is 0 Å². The number of halogens is 1. The first kappa shape index (κ1) is 30.5. The van der Waals surface area contributed by atoms with E-state index in [1.807, 2.05) is 102 Å². The fraction of sp³-hybridized carbons (Fsp3) is 0.296. The number of rotatable bonds is 9. The van der Waals surface area contributed by atoms with Crippen LogP contribution in [0, 0.1) is 7.43 Å². The molecule has 0 fully saturated rings. The summed E-state index contributed by atoms with van der Waals surface area (Å²) in [5.74, 6) is -0.176. The molecule has 4 nitrogen and oxygen atoms in total. The van der Waals surface area contributed by atoms with E-state index in [1.165, 1.54) is 5.56 Å². The molecule has 34 heavy (non-hydrogen) atoms. The molecule has 0 heterocycles. The van der Waals surface area contributed by atoms with Crippen LogP contribution in [0.25, 0.3) is 10.5 Å². The number of nitrogens with one attached hydrogen (secondary N) is 1. The van der Waals surface area contributed by atoms with Gasteiger partial charge in [-0.25, -0.2) is 8.42 Å². The van der Waals surface area contributed by atoms with Crippen molar-refractivity contribution < 1.29 is 25.7 Å². The molecule has 2 atom stereocenters. The van der Waals surface area contributed by atoms with E-state index in [0.29, 0.717) is 5.56 Å². The Morgan fingerprint density at radius 1 is 0.882 bits per heavy atom. The molecule has 0 spiro atoms. The van der Waals surface area contributed by atoms with Crippen molar-refractivity contribution in [1.82, 2.24) is 0 Å². The van der Waals surface area contributed by atoms with Crippen molar-refractivity contribution in [3.63, 3.8) is 0 Å². The van der Waals surface area contributed by atoms with Gasteiger partial charge in [0.05, 0.1) is 15.8 Å². The van der Waals surface area contributed by atoms with Crippen molar-refractivity contribution in [3.8, 4) is 0 Å². The fourth-order valence-electron chi connectivity index (χ4n) is 3.48. The zero-order valence-corrected chi connectivity index (χ0v) is 23.4. The summed E-state index contributed by atoms with van der Waals surface area (Å²) in [5, 5.41) is 0. The number of sulfonamides is 1. The van der Waals surface area contributed by atoms with Crippen molar-refractivity contribution in [2.75, 3.05) is 0 Å². The van der Waals surface area contributed by atoms with Crippen molar-refractivity contribution in [3.05, 3.63) is 125 Å². The molecular weight excluding hydrogens is 553 g/mol. The summed E-state index contributed by atoms with van der Waals surface area (Å²) in [6.07, 6.45) is 1.00. The fourth-order valence-corrected chi connectivity index (χ4v) is 4.76. The molecule has 0 radical (unpaired) electrons. The molecule has 3 aromatic rings. The topological polar surface area (TPSA) is 72.0 Å². The van der Waals surface area contributed by atoms with Crippen LogP contribution >= 0.6 is 9.69 Å². The first-order chi connectivity index (χ1) is 15.7. The molecule has 0 aliphatic rings. The Balaban J connectivity index is 0.00000188. The van der Waals surface area contributed by atoms with Crippen LogP contribution in [0.2, 0.25) is 0 Å². The third kappa shape index (κ3) is 8.59. The SMILES string of the molecule is CCC(C)(C)c1ccc(CS(=O)(=O)[N-]C(c2ccccc2)C([NH-])c2ccccc2)cc1.[CH3-].[Cl][Ru+3]. The van der Waals surface area contributed by atoms with Crippen molar-refractivity contribution in [1.29, 1.82) is 0 Å². The maximum absolute atomic E-state index is 13.0. The van der Waals surface area contributed by atoms with Crippen molar-refractivity contribution >= 4 is 19.7 Å². The van der Waals surface area contributed by atoms with Gasteiger partial charge in [0.1, 0.15) is 0 Å².